The van der Waals surface area contributed by atoms with Gasteiger partial charge in [0.15, 0.2) is 0 Å². The second-order valence-corrected chi connectivity index (χ2v) is 5.61. The Labute approximate surface area is 118 Å². The highest BCUT2D eigenvalue weighted by Gasteiger charge is 2.35. The lowest BCUT2D eigenvalue weighted by Crippen LogP contribution is -2.35. The molecule has 4 nitrogen and oxygen atoms in total. The molecular weight excluding hydrogens is 250 g/mol. The van der Waals surface area contributed by atoms with E-state index in [9.17, 15) is 0 Å². The molecule has 1 aliphatic rings. The van der Waals surface area contributed by atoms with Crippen LogP contribution in [0.3, 0.4) is 0 Å². The molecule has 0 N–H and O–H groups in total. The first-order chi connectivity index (χ1) is 9.59. The van der Waals surface area contributed by atoms with E-state index in [1.165, 1.54) is 0 Å². The number of benzene rings is 1. The Kier molecular flexibility index (Phi) is 2.90. The molecule has 1 aliphatic heterocycles. The average molecular weight is 265 g/mol. The molecule has 1 aromatic heterocycles. The Hall–Kier alpha value is -2.41. The van der Waals surface area contributed by atoms with Crippen molar-refractivity contribution >= 4 is 0 Å². The van der Waals surface area contributed by atoms with Crippen molar-refractivity contribution in [1.29, 1.82) is 5.26 Å². The van der Waals surface area contributed by atoms with Crippen molar-refractivity contribution in [1.82, 2.24) is 9.97 Å². The predicted octanol–water partition coefficient (Wildman–Crippen LogP) is 3.04. The Morgan fingerprint density at radius 1 is 1.35 bits per heavy atom. The van der Waals surface area contributed by atoms with Crippen LogP contribution in [-0.4, -0.2) is 15.6 Å². The summed E-state index contributed by atoms with van der Waals surface area (Å²) in [7, 11) is 0. The van der Waals surface area contributed by atoms with Gasteiger partial charge in [-0.25, -0.2) is 0 Å². The van der Waals surface area contributed by atoms with Crippen molar-refractivity contribution in [3.63, 3.8) is 0 Å². The van der Waals surface area contributed by atoms with Crippen LogP contribution in [0.4, 0.5) is 0 Å². The summed E-state index contributed by atoms with van der Waals surface area (Å²) in [5.41, 5.74) is 2.31. The maximum absolute atomic E-state index is 9.08. The minimum atomic E-state index is -0.261. The first kappa shape index (κ1) is 12.6. The van der Waals surface area contributed by atoms with E-state index in [0.717, 1.165) is 23.4 Å². The van der Waals surface area contributed by atoms with Crippen LogP contribution in [0.1, 0.15) is 43.0 Å². The van der Waals surface area contributed by atoms with Gasteiger partial charge in [-0.05, 0) is 38.5 Å². The first-order valence-electron chi connectivity index (χ1n) is 6.58. The number of rotatable bonds is 1. The molecule has 0 fully saturated rings. The van der Waals surface area contributed by atoms with Crippen molar-refractivity contribution in [2.45, 2.75) is 31.8 Å². The second kappa shape index (κ2) is 4.61. The molecule has 0 saturated carbocycles. The number of hydrogen-bond donors (Lipinski definition) is 0. The molecule has 0 saturated heterocycles. The lowest BCUT2D eigenvalue weighted by atomic mass is 9.82. The van der Waals surface area contributed by atoms with E-state index < -0.39 is 0 Å². The van der Waals surface area contributed by atoms with Gasteiger partial charge in [0, 0.05) is 30.1 Å². The van der Waals surface area contributed by atoms with E-state index >= 15 is 0 Å². The van der Waals surface area contributed by atoms with Gasteiger partial charge in [-0.1, -0.05) is 0 Å². The summed E-state index contributed by atoms with van der Waals surface area (Å²) in [5.74, 6) is 0.937. The summed E-state index contributed by atoms with van der Waals surface area (Å²) in [4.78, 5) is 8.58. The Morgan fingerprint density at radius 3 is 2.90 bits per heavy atom. The molecule has 0 amide bonds. The third-order valence-corrected chi connectivity index (χ3v) is 3.54. The molecule has 0 spiro atoms. The molecule has 0 radical (unpaired) electrons. The van der Waals surface area contributed by atoms with Crippen molar-refractivity contribution in [2.24, 2.45) is 0 Å². The molecule has 1 aromatic carbocycles. The van der Waals surface area contributed by atoms with Crippen LogP contribution in [0, 0.1) is 11.3 Å². The van der Waals surface area contributed by atoms with Crippen LogP contribution in [0.2, 0.25) is 0 Å². The van der Waals surface area contributed by atoms with Gasteiger partial charge < -0.3 is 4.74 Å². The van der Waals surface area contributed by atoms with Crippen molar-refractivity contribution < 1.29 is 4.74 Å². The Bertz CT molecular complexity index is 674. The summed E-state index contributed by atoms with van der Waals surface area (Å²) in [5, 5.41) is 9.08. The monoisotopic (exact) mass is 265 g/mol. The lowest BCUT2D eigenvalue weighted by Gasteiger charge is -2.37. The van der Waals surface area contributed by atoms with Crippen molar-refractivity contribution in [3.8, 4) is 11.8 Å². The maximum Gasteiger partial charge on any atom is 0.124 e. The van der Waals surface area contributed by atoms with Gasteiger partial charge in [0.05, 0.1) is 17.3 Å². The zero-order valence-corrected chi connectivity index (χ0v) is 11.5. The minimum absolute atomic E-state index is 0.107. The second-order valence-electron chi connectivity index (χ2n) is 5.61. The summed E-state index contributed by atoms with van der Waals surface area (Å²) in [6.45, 7) is 4.13. The maximum atomic E-state index is 9.08. The zero-order chi connectivity index (χ0) is 14.2. The van der Waals surface area contributed by atoms with Crippen LogP contribution in [0.5, 0.6) is 5.75 Å². The van der Waals surface area contributed by atoms with E-state index in [2.05, 4.69) is 29.9 Å². The van der Waals surface area contributed by atoms with Gasteiger partial charge in [-0.15, -0.1) is 0 Å². The van der Waals surface area contributed by atoms with Crippen LogP contribution < -0.4 is 4.74 Å². The fraction of sp³-hybridized carbons (Fsp3) is 0.312. The third kappa shape index (κ3) is 2.23. The van der Waals surface area contributed by atoms with E-state index in [1.54, 1.807) is 24.7 Å². The van der Waals surface area contributed by atoms with Crippen LogP contribution in [0.25, 0.3) is 0 Å². The predicted molar refractivity (Wildman–Crippen MR) is 74.4 cm³/mol. The fourth-order valence-corrected chi connectivity index (χ4v) is 2.68. The summed E-state index contributed by atoms with van der Waals surface area (Å²) in [6, 6.07) is 7.73. The summed E-state index contributed by atoms with van der Waals surface area (Å²) < 4.78 is 6.01. The van der Waals surface area contributed by atoms with Gasteiger partial charge in [-0.2, -0.15) is 5.26 Å². The summed E-state index contributed by atoms with van der Waals surface area (Å²) in [6.07, 6.45) is 5.97. The highest BCUT2D eigenvalue weighted by Crippen LogP contribution is 2.43. The standard InChI is InChI=1S/C16H15N3O/c1-16(2)8-13(14-10-18-5-6-19-14)12-7-11(9-17)3-4-15(12)20-16/h3-7,10,13H,8H2,1-2H3. The van der Waals surface area contributed by atoms with Gasteiger partial charge in [-0.3, -0.25) is 9.97 Å². The molecule has 0 bridgehead atoms. The average Bonchev–Trinajstić information content (AvgIpc) is 2.46. The number of fused-ring (bicyclic) bond motifs is 1. The van der Waals surface area contributed by atoms with E-state index in [0.29, 0.717) is 5.56 Å². The molecule has 20 heavy (non-hydrogen) atoms. The van der Waals surface area contributed by atoms with Crippen molar-refractivity contribution in [2.75, 3.05) is 0 Å². The molecule has 2 heterocycles. The molecular formula is C16H15N3O. The SMILES string of the molecule is CC1(C)CC(c2cnccn2)c2cc(C#N)ccc2O1. The van der Waals surface area contributed by atoms with Crippen LogP contribution in [0.15, 0.2) is 36.8 Å². The Morgan fingerprint density at radius 2 is 2.20 bits per heavy atom. The van der Waals surface area contributed by atoms with E-state index in [4.69, 9.17) is 10.00 Å². The number of ether oxygens (including phenoxy) is 1. The molecule has 1 unspecified atom stereocenters. The van der Waals surface area contributed by atoms with Gasteiger partial charge >= 0.3 is 0 Å². The molecule has 1 atom stereocenters. The fourth-order valence-electron chi connectivity index (χ4n) is 2.68. The Balaban J connectivity index is 2.14. The largest absolute Gasteiger partial charge is 0.488 e. The molecule has 2 aromatic rings. The number of aromatic nitrogens is 2. The molecule has 0 aliphatic carbocycles. The quantitative estimate of drug-likeness (QED) is 0.795. The lowest BCUT2D eigenvalue weighted by molar-refractivity contribution is 0.0768. The van der Waals surface area contributed by atoms with Gasteiger partial charge in [0.25, 0.3) is 0 Å². The smallest absolute Gasteiger partial charge is 0.124 e. The van der Waals surface area contributed by atoms with E-state index in [1.807, 2.05) is 12.1 Å². The first-order valence-corrected chi connectivity index (χ1v) is 6.58. The highest BCUT2D eigenvalue weighted by atomic mass is 16.5. The third-order valence-electron chi connectivity index (χ3n) is 3.54. The molecule has 100 valence electrons. The molecule has 4 heteroatoms. The normalized spacial score (nSPS) is 19.6. The van der Waals surface area contributed by atoms with Crippen molar-refractivity contribution in [3.05, 3.63) is 53.6 Å². The highest BCUT2D eigenvalue weighted by molar-refractivity contribution is 5.48. The number of nitrogens with zero attached hydrogens (tertiary/aromatic N) is 3. The van der Waals surface area contributed by atoms with Crippen LogP contribution in [-0.2, 0) is 0 Å². The zero-order valence-electron chi connectivity index (χ0n) is 11.5. The molecule has 3 rings (SSSR count). The van der Waals surface area contributed by atoms with Gasteiger partial charge in [0.2, 0.25) is 0 Å². The summed E-state index contributed by atoms with van der Waals surface area (Å²) >= 11 is 0. The van der Waals surface area contributed by atoms with E-state index in [-0.39, 0.29) is 11.5 Å². The minimum Gasteiger partial charge on any atom is -0.488 e. The number of nitriles is 1. The van der Waals surface area contributed by atoms with Gasteiger partial charge in [0.1, 0.15) is 11.4 Å². The van der Waals surface area contributed by atoms with Crippen LogP contribution >= 0.6 is 0 Å². The number of hydrogen-bond acceptors (Lipinski definition) is 4. The topological polar surface area (TPSA) is 58.8 Å².